The van der Waals surface area contributed by atoms with E-state index < -0.39 is 47.1 Å². The van der Waals surface area contributed by atoms with Gasteiger partial charge in [-0.05, 0) is 61.3 Å². The first kappa shape index (κ1) is 25.8. The van der Waals surface area contributed by atoms with Crippen molar-refractivity contribution in [1.29, 1.82) is 0 Å². The molecule has 186 valence electrons. The number of anilines is 1. The first-order valence-electron chi connectivity index (χ1n) is 10.5. The molecule has 0 aromatic heterocycles. The molecule has 1 fully saturated rings. The topological polar surface area (TPSA) is 35.6 Å². The Labute approximate surface area is 192 Å². The Hall–Kier alpha value is -2.82. The monoisotopic (exact) mass is 491 g/mol. The molecule has 0 unspecified atom stereocenters. The molecule has 3 rings (SSSR count). The van der Waals surface area contributed by atoms with Crippen molar-refractivity contribution in [1.82, 2.24) is 10.2 Å². The molecule has 2 aromatic carbocycles. The maximum Gasteiger partial charge on any atom is 0.416 e. The number of aryl methyl sites for hydroxylation is 1. The minimum absolute atomic E-state index is 0.0195. The standard InChI is InChI=1S/C23H24F7N3O/c1-13-8-16(24)4-5-18(13)19-12-31-7-6-20(19)33(3)21(34)32(2)17-10-14(22(25,26)27)9-15(11-17)23(28,29)30/h4-5,8-11,19-20,31H,6-7,12H2,1-3H3/t19-,20+/m0/s1. The number of hydrogen-bond donors (Lipinski definition) is 1. The van der Waals surface area contributed by atoms with E-state index in [1.807, 2.05) is 0 Å². The summed E-state index contributed by atoms with van der Waals surface area (Å²) in [6.45, 7) is 2.77. The largest absolute Gasteiger partial charge is 0.416 e. The van der Waals surface area contributed by atoms with Gasteiger partial charge in [-0.25, -0.2) is 9.18 Å². The Kier molecular flexibility index (Phi) is 7.16. The average molecular weight is 491 g/mol. The highest BCUT2D eigenvalue weighted by Crippen LogP contribution is 2.39. The second-order valence-electron chi connectivity index (χ2n) is 8.38. The van der Waals surface area contributed by atoms with Gasteiger partial charge in [0.25, 0.3) is 0 Å². The van der Waals surface area contributed by atoms with E-state index in [1.54, 1.807) is 13.0 Å². The van der Waals surface area contributed by atoms with Gasteiger partial charge in [0.15, 0.2) is 0 Å². The third-order valence-electron chi connectivity index (χ3n) is 6.12. The molecule has 34 heavy (non-hydrogen) atoms. The first-order chi connectivity index (χ1) is 15.7. The van der Waals surface area contributed by atoms with Crippen LogP contribution in [0.25, 0.3) is 0 Å². The minimum Gasteiger partial charge on any atom is -0.324 e. The van der Waals surface area contributed by atoms with Gasteiger partial charge in [0.05, 0.1) is 11.1 Å². The summed E-state index contributed by atoms with van der Waals surface area (Å²) in [6.07, 6.45) is -9.55. The van der Waals surface area contributed by atoms with Gasteiger partial charge in [0.1, 0.15) is 5.82 Å². The summed E-state index contributed by atoms with van der Waals surface area (Å²) < 4.78 is 93.0. The van der Waals surface area contributed by atoms with Gasteiger partial charge in [0, 0.05) is 38.3 Å². The van der Waals surface area contributed by atoms with Crippen molar-refractivity contribution in [2.45, 2.75) is 37.7 Å². The van der Waals surface area contributed by atoms with Crippen LogP contribution in [0.4, 0.5) is 41.2 Å². The predicted octanol–water partition coefficient (Wildman–Crippen LogP) is 5.81. The van der Waals surface area contributed by atoms with Crippen LogP contribution in [0.15, 0.2) is 36.4 Å². The second kappa shape index (κ2) is 9.44. The lowest BCUT2D eigenvalue weighted by molar-refractivity contribution is -0.143. The summed E-state index contributed by atoms with van der Waals surface area (Å²) in [5.74, 6) is -0.653. The number of carbonyl (C=O) groups excluding carboxylic acids is 1. The number of piperidine rings is 1. The molecule has 0 bridgehead atoms. The molecule has 11 heteroatoms. The Morgan fingerprint density at radius 2 is 1.56 bits per heavy atom. The number of halogens is 7. The van der Waals surface area contributed by atoms with Gasteiger partial charge in [-0.2, -0.15) is 26.3 Å². The molecular weight excluding hydrogens is 467 g/mol. The molecule has 4 nitrogen and oxygen atoms in total. The fourth-order valence-corrected chi connectivity index (χ4v) is 4.30. The van der Waals surface area contributed by atoms with Crippen molar-refractivity contribution in [2.75, 3.05) is 32.1 Å². The minimum atomic E-state index is -5.02. The van der Waals surface area contributed by atoms with Gasteiger partial charge in [-0.1, -0.05) is 6.07 Å². The number of hydrogen-bond acceptors (Lipinski definition) is 2. The SMILES string of the molecule is Cc1cc(F)ccc1[C@@H]1CNCC[C@H]1N(C)C(=O)N(C)c1cc(C(F)(F)F)cc(C(F)(F)F)c1. The molecule has 1 N–H and O–H groups in total. The number of likely N-dealkylation sites (N-methyl/N-ethyl adjacent to an activating group) is 1. The van der Waals surface area contributed by atoms with Crippen LogP contribution in [-0.4, -0.2) is 44.2 Å². The lowest BCUT2D eigenvalue weighted by Gasteiger charge is -2.40. The maximum absolute atomic E-state index is 13.6. The Balaban J connectivity index is 1.94. The summed E-state index contributed by atoms with van der Waals surface area (Å²) in [4.78, 5) is 15.3. The third-order valence-corrected chi connectivity index (χ3v) is 6.12. The number of nitrogens with zero attached hydrogens (tertiary/aromatic N) is 2. The molecule has 2 amide bonds. The number of alkyl halides is 6. The lowest BCUT2D eigenvalue weighted by Crippen LogP contribution is -2.52. The van der Waals surface area contributed by atoms with Crippen molar-refractivity contribution in [3.63, 3.8) is 0 Å². The molecule has 1 saturated heterocycles. The quantitative estimate of drug-likeness (QED) is 0.551. The van der Waals surface area contributed by atoms with Crippen LogP contribution in [-0.2, 0) is 12.4 Å². The van der Waals surface area contributed by atoms with Crippen LogP contribution >= 0.6 is 0 Å². The fourth-order valence-electron chi connectivity index (χ4n) is 4.30. The van der Waals surface area contributed by atoms with E-state index in [-0.39, 0.29) is 12.0 Å². The smallest absolute Gasteiger partial charge is 0.324 e. The highest BCUT2D eigenvalue weighted by atomic mass is 19.4. The number of benzene rings is 2. The van der Waals surface area contributed by atoms with Gasteiger partial charge < -0.3 is 10.2 Å². The van der Waals surface area contributed by atoms with Crippen LogP contribution in [0, 0.1) is 12.7 Å². The number of rotatable bonds is 3. The molecule has 1 aliphatic heterocycles. The van der Waals surface area contributed by atoms with Crippen LogP contribution in [0.2, 0.25) is 0 Å². The second-order valence-corrected chi connectivity index (χ2v) is 8.38. The summed E-state index contributed by atoms with van der Waals surface area (Å²) in [5, 5.41) is 3.21. The molecule has 1 aliphatic rings. The van der Waals surface area contributed by atoms with E-state index in [0.29, 0.717) is 37.2 Å². The van der Waals surface area contributed by atoms with Crippen molar-refractivity contribution < 1.29 is 35.5 Å². The molecular formula is C23H24F7N3O. The first-order valence-corrected chi connectivity index (χ1v) is 10.5. The van der Waals surface area contributed by atoms with E-state index in [4.69, 9.17) is 0 Å². The zero-order valence-electron chi connectivity index (χ0n) is 18.7. The highest BCUT2D eigenvalue weighted by molar-refractivity contribution is 5.91. The zero-order chi connectivity index (χ0) is 25.4. The van der Waals surface area contributed by atoms with Crippen molar-refractivity contribution in [2.24, 2.45) is 0 Å². The van der Waals surface area contributed by atoms with E-state index in [9.17, 15) is 35.5 Å². The van der Waals surface area contributed by atoms with Crippen LogP contribution in [0.3, 0.4) is 0 Å². The van der Waals surface area contributed by atoms with Crippen molar-refractivity contribution in [3.8, 4) is 0 Å². The number of amides is 2. The third kappa shape index (κ3) is 5.45. The van der Waals surface area contributed by atoms with Crippen molar-refractivity contribution in [3.05, 3.63) is 64.5 Å². The molecule has 0 spiro atoms. The van der Waals surface area contributed by atoms with Gasteiger partial charge >= 0.3 is 18.4 Å². The van der Waals surface area contributed by atoms with Crippen LogP contribution in [0.1, 0.15) is 34.6 Å². The van der Waals surface area contributed by atoms with Crippen molar-refractivity contribution >= 4 is 11.7 Å². The van der Waals surface area contributed by atoms with Crippen LogP contribution < -0.4 is 10.2 Å². The number of nitrogens with one attached hydrogen (secondary N) is 1. The summed E-state index contributed by atoms with van der Waals surface area (Å²) in [7, 11) is 2.59. The predicted molar refractivity (Wildman–Crippen MR) is 113 cm³/mol. The average Bonchev–Trinajstić information content (AvgIpc) is 2.76. The zero-order valence-corrected chi connectivity index (χ0v) is 18.7. The summed E-state index contributed by atoms with van der Waals surface area (Å²) in [6, 6.07) is 4.19. The number of carbonyl (C=O) groups is 1. The molecule has 2 atom stereocenters. The molecule has 0 radical (unpaired) electrons. The molecule has 0 aliphatic carbocycles. The maximum atomic E-state index is 13.6. The Bertz CT molecular complexity index is 1020. The normalized spacial score (nSPS) is 19.1. The molecule has 2 aromatic rings. The van der Waals surface area contributed by atoms with E-state index in [2.05, 4.69) is 5.32 Å². The Morgan fingerprint density at radius 1 is 0.971 bits per heavy atom. The molecule has 1 heterocycles. The van der Waals surface area contributed by atoms with Gasteiger partial charge in [-0.15, -0.1) is 0 Å². The van der Waals surface area contributed by atoms with E-state index in [1.165, 1.54) is 24.1 Å². The summed E-state index contributed by atoms with van der Waals surface area (Å²) in [5.41, 5.74) is -2.04. The van der Waals surface area contributed by atoms with E-state index >= 15 is 0 Å². The lowest BCUT2D eigenvalue weighted by atomic mass is 9.84. The molecule has 0 saturated carbocycles. The van der Waals surface area contributed by atoms with Gasteiger partial charge in [0.2, 0.25) is 0 Å². The van der Waals surface area contributed by atoms with Crippen LogP contribution in [0.5, 0.6) is 0 Å². The van der Waals surface area contributed by atoms with E-state index in [0.717, 1.165) is 17.5 Å². The summed E-state index contributed by atoms with van der Waals surface area (Å²) >= 11 is 0. The van der Waals surface area contributed by atoms with Gasteiger partial charge in [-0.3, -0.25) is 4.90 Å². The Morgan fingerprint density at radius 3 is 2.09 bits per heavy atom. The fraction of sp³-hybridized carbons (Fsp3) is 0.435. The highest BCUT2D eigenvalue weighted by Gasteiger charge is 2.39. The number of urea groups is 1.